The van der Waals surface area contributed by atoms with Gasteiger partial charge in [-0.1, -0.05) is 0 Å². The molecule has 0 saturated heterocycles. The molecule has 0 saturated carbocycles. The van der Waals surface area contributed by atoms with E-state index in [9.17, 15) is 14.7 Å². The lowest BCUT2D eigenvalue weighted by molar-refractivity contribution is 0.0698. The van der Waals surface area contributed by atoms with E-state index in [1.54, 1.807) is 0 Å². The molecule has 1 amide bonds. The smallest absolute Gasteiger partial charge is 0.337 e. The number of hydrogen-bond acceptors (Lipinski definition) is 5. The van der Waals surface area contributed by atoms with E-state index >= 15 is 0 Å². The van der Waals surface area contributed by atoms with Gasteiger partial charge in [-0.05, 0) is 18.2 Å². The zero-order valence-electron chi connectivity index (χ0n) is 9.57. The second-order valence-electron chi connectivity index (χ2n) is 3.55. The van der Waals surface area contributed by atoms with E-state index in [1.165, 1.54) is 36.8 Å². The van der Waals surface area contributed by atoms with Gasteiger partial charge in [0, 0.05) is 12.4 Å². The quantitative estimate of drug-likeness (QED) is 0.761. The van der Waals surface area contributed by atoms with Gasteiger partial charge in [0.15, 0.2) is 5.69 Å². The minimum absolute atomic E-state index is 0.0325. The summed E-state index contributed by atoms with van der Waals surface area (Å²) in [5.74, 6) is -2.20. The maximum Gasteiger partial charge on any atom is 0.337 e. The topological polar surface area (TPSA) is 112 Å². The van der Waals surface area contributed by atoms with Crippen molar-refractivity contribution in [2.75, 3.05) is 5.32 Å². The molecule has 0 aliphatic carbocycles. The molecule has 2 rings (SSSR count). The molecule has 19 heavy (non-hydrogen) atoms. The number of amides is 1. The fourth-order valence-corrected chi connectivity index (χ4v) is 1.43. The van der Waals surface area contributed by atoms with Crippen molar-refractivity contribution in [1.29, 1.82) is 0 Å². The maximum atomic E-state index is 11.9. The van der Waals surface area contributed by atoms with Crippen LogP contribution < -0.4 is 5.32 Å². The normalized spacial score (nSPS) is 9.89. The summed E-state index contributed by atoms with van der Waals surface area (Å²) in [5, 5.41) is 20.8. The lowest BCUT2D eigenvalue weighted by Crippen LogP contribution is -2.16. The van der Waals surface area contributed by atoms with Crippen molar-refractivity contribution in [3.63, 3.8) is 0 Å². The molecule has 3 N–H and O–H groups in total. The van der Waals surface area contributed by atoms with Gasteiger partial charge in [0.05, 0.1) is 17.4 Å². The van der Waals surface area contributed by atoms with Crippen molar-refractivity contribution in [3.8, 4) is 5.75 Å². The second kappa shape index (κ2) is 5.13. The number of aromatic carboxylic acids is 1. The van der Waals surface area contributed by atoms with Crippen LogP contribution in [0.5, 0.6) is 5.75 Å². The van der Waals surface area contributed by atoms with Crippen molar-refractivity contribution in [2.45, 2.75) is 0 Å². The van der Waals surface area contributed by atoms with Crippen LogP contribution in [0.1, 0.15) is 20.8 Å². The zero-order valence-corrected chi connectivity index (χ0v) is 9.57. The number of carboxylic acids is 1. The third kappa shape index (κ3) is 2.65. The number of anilines is 1. The highest BCUT2D eigenvalue weighted by Crippen LogP contribution is 2.17. The molecular formula is C12H9N3O4. The van der Waals surface area contributed by atoms with Crippen molar-refractivity contribution >= 4 is 17.6 Å². The number of carbonyl (C=O) groups is 2. The minimum Gasteiger partial charge on any atom is -0.505 e. The van der Waals surface area contributed by atoms with E-state index in [4.69, 9.17) is 5.11 Å². The molecule has 2 aromatic rings. The predicted molar refractivity (Wildman–Crippen MR) is 65.1 cm³/mol. The molecule has 0 fully saturated rings. The third-order valence-corrected chi connectivity index (χ3v) is 2.30. The Bertz CT molecular complexity index is 642. The monoisotopic (exact) mass is 259 g/mol. The van der Waals surface area contributed by atoms with Crippen LogP contribution >= 0.6 is 0 Å². The SMILES string of the molecule is O=C(O)c1ccncc1NC(=O)c1ncccc1O. The molecule has 0 radical (unpaired) electrons. The summed E-state index contributed by atoms with van der Waals surface area (Å²) in [4.78, 5) is 30.3. The summed E-state index contributed by atoms with van der Waals surface area (Å²) in [6, 6.07) is 4.04. The van der Waals surface area contributed by atoms with Gasteiger partial charge >= 0.3 is 5.97 Å². The van der Waals surface area contributed by atoms with Crippen LogP contribution in [-0.2, 0) is 0 Å². The summed E-state index contributed by atoms with van der Waals surface area (Å²) in [5.41, 5.74) is -0.258. The first-order chi connectivity index (χ1) is 9.09. The van der Waals surface area contributed by atoms with Gasteiger partial charge < -0.3 is 15.5 Å². The average Bonchev–Trinajstić information content (AvgIpc) is 2.39. The Balaban J connectivity index is 2.30. The van der Waals surface area contributed by atoms with E-state index in [1.807, 2.05) is 0 Å². The molecule has 0 bridgehead atoms. The van der Waals surface area contributed by atoms with E-state index in [0.29, 0.717) is 0 Å². The summed E-state index contributed by atoms with van der Waals surface area (Å²) >= 11 is 0. The highest BCUT2D eigenvalue weighted by atomic mass is 16.4. The molecule has 2 aromatic heterocycles. The number of nitrogens with one attached hydrogen (secondary N) is 1. The molecule has 0 aromatic carbocycles. The fraction of sp³-hybridized carbons (Fsp3) is 0. The van der Waals surface area contributed by atoms with Crippen molar-refractivity contribution in [1.82, 2.24) is 9.97 Å². The molecule has 7 heteroatoms. The van der Waals surface area contributed by atoms with Crippen LogP contribution in [-0.4, -0.2) is 32.1 Å². The van der Waals surface area contributed by atoms with E-state index in [-0.39, 0.29) is 22.7 Å². The Morgan fingerprint density at radius 1 is 1.21 bits per heavy atom. The predicted octanol–water partition coefficient (Wildman–Crippen LogP) is 1.13. The van der Waals surface area contributed by atoms with Crippen LogP contribution in [0, 0.1) is 0 Å². The van der Waals surface area contributed by atoms with Gasteiger partial charge in [-0.2, -0.15) is 0 Å². The Labute approximate surface area is 107 Å². The zero-order chi connectivity index (χ0) is 13.8. The van der Waals surface area contributed by atoms with E-state index < -0.39 is 11.9 Å². The van der Waals surface area contributed by atoms with Crippen molar-refractivity contribution in [2.24, 2.45) is 0 Å². The number of rotatable bonds is 3. The lowest BCUT2D eigenvalue weighted by atomic mass is 10.2. The number of pyridine rings is 2. The number of carbonyl (C=O) groups excluding carboxylic acids is 1. The number of nitrogens with zero attached hydrogens (tertiary/aromatic N) is 2. The fourth-order valence-electron chi connectivity index (χ4n) is 1.43. The van der Waals surface area contributed by atoms with Crippen LogP contribution in [0.25, 0.3) is 0 Å². The van der Waals surface area contributed by atoms with Gasteiger partial charge in [0.2, 0.25) is 0 Å². The molecule has 0 aliphatic rings. The Morgan fingerprint density at radius 3 is 2.68 bits per heavy atom. The van der Waals surface area contributed by atoms with E-state index in [0.717, 1.165) is 0 Å². The number of aromatic nitrogens is 2. The third-order valence-electron chi connectivity index (χ3n) is 2.30. The highest BCUT2D eigenvalue weighted by Gasteiger charge is 2.16. The first-order valence-corrected chi connectivity index (χ1v) is 5.22. The Morgan fingerprint density at radius 2 is 2.00 bits per heavy atom. The number of carboxylic acid groups (broad SMARTS) is 1. The number of hydrogen-bond donors (Lipinski definition) is 3. The molecule has 0 spiro atoms. The van der Waals surface area contributed by atoms with Crippen LogP contribution in [0.4, 0.5) is 5.69 Å². The van der Waals surface area contributed by atoms with Gasteiger partial charge in [0.25, 0.3) is 5.91 Å². The summed E-state index contributed by atoms with van der Waals surface area (Å²) in [6.07, 6.45) is 3.86. The lowest BCUT2D eigenvalue weighted by Gasteiger charge is -2.07. The summed E-state index contributed by atoms with van der Waals surface area (Å²) in [6.45, 7) is 0. The van der Waals surface area contributed by atoms with Gasteiger partial charge in [0.1, 0.15) is 5.75 Å². The molecule has 7 nitrogen and oxygen atoms in total. The average molecular weight is 259 g/mol. The largest absolute Gasteiger partial charge is 0.505 e. The molecule has 96 valence electrons. The minimum atomic E-state index is -1.19. The Kier molecular flexibility index (Phi) is 3.37. The standard InChI is InChI=1S/C12H9N3O4/c16-9-2-1-4-14-10(9)11(17)15-8-6-13-5-3-7(8)12(18)19/h1-6,16H,(H,15,17)(H,18,19). The van der Waals surface area contributed by atoms with Gasteiger partial charge in [-0.25, -0.2) is 9.78 Å². The molecule has 0 atom stereocenters. The van der Waals surface area contributed by atoms with E-state index in [2.05, 4.69) is 15.3 Å². The second-order valence-corrected chi connectivity index (χ2v) is 3.55. The number of aromatic hydroxyl groups is 1. The Hall–Kier alpha value is -2.96. The summed E-state index contributed by atoms with van der Waals surface area (Å²) in [7, 11) is 0. The van der Waals surface area contributed by atoms with Gasteiger partial charge in [-0.15, -0.1) is 0 Å². The first-order valence-electron chi connectivity index (χ1n) is 5.22. The van der Waals surface area contributed by atoms with Crippen molar-refractivity contribution in [3.05, 3.63) is 48.0 Å². The van der Waals surface area contributed by atoms with Crippen LogP contribution in [0.2, 0.25) is 0 Å². The molecule has 0 aliphatic heterocycles. The first kappa shape index (κ1) is 12.5. The van der Waals surface area contributed by atoms with Gasteiger partial charge in [-0.3, -0.25) is 9.78 Å². The van der Waals surface area contributed by atoms with Crippen molar-refractivity contribution < 1.29 is 19.8 Å². The summed E-state index contributed by atoms with van der Waals surface area (Å²) < 4.78 is 0. The molecule has 2 heterocycles. The highest BCUT2D eigenvalue weighted by molar-refractivity contribution is 6.07. The maximum absolute atomic E-state index is 11.9. The molecule has 0 unspecified atom stereocenters. The molecular weight excluding hydrogens is 250 g/mol. The van der Waals surface area contributed by atoms with Crippen LogP contribution in [0.15, 0.2) is 36.8 Å². The van der Waals surface area contributed by atoms with Crippen LogP contribution in [0.3, 0.4) is 0 Å².